The zero-order valence-electron chi connectivity index (χ0n) is 17.0. The molecule has 29 heavy (non-hydrogen) atoms. The van der Waals surface area contributed by atoms with Gasteiger partial charge in [0.1, 0.15) is 11.6 Å². The zero-order chi connectivity index (χ0) is 21.6. The molecule has 7 heteroatoms. The molecule has 0 saturated carbocycles. The van der Waals surface area contributed by atoms with Crippen molar-refractivity contribution < 1.29 is 28.6 Å². The van der Waals surface area contributed by atoms with Gasteiger partial charge in [0.05, 0.1) is 18.8 Å². The van der Waals surface area contributed by atoms with Crippen molar-refractivity contribution in [3.8, 4) is 5.75 Å². The number of hydrogen-bond acceptors (Lipinski definition) is 4. The van der Waals surface area contributed by atoms with E-state index in [-0.39, 0.29) is 24.6 Å². The number of hydrogen-bond donors (Lipinski definition) is 2. The van der Waals surface area contributed by atoms with E-state index in [1.54, 1.807) is 45.0 Å². The van der Waals surface area contributed by atoms with E-state index in [2.05, 4.69) is 5.32 Å². The lowest BCUT2D eigenvalue weighted by Gasteiger charge is -2.18. The van der Waals surface area contributed by atoms with E-state index in [9.17, 15) is 19.1 Å². The third-order valence-electron chi connectivity index (χ3n) is 4.29. The molecule has 0 radical (unpaired) electrons. The number of carboxylic acids is 1. The van der Waals surface area contributed by atoms with Crippen LogP contribution in [0.25, 0.3) is 0 Å². The molecule has 0 aromatic heterocycles. The van der Waals surface area contributed by atoms with Crippen LogP contribution in [0, 0.1) is 12.7 Å². The van der Waals surface area contributed by atoms with Gasteiger partial charge in [-0.25, -0.2) is 9.18 Å². The topological polar surface area (TPSA) is 84.9 Å². The molecule has 2 aromatic carbocycles. The van der Waals surface area contributed by atoms with Gasteiger partial charge in [-0.3, -0.25) is 4.79 Å². The van der Waals surface area contributed by atoms with Crippen molar-refractivity contribution >= 4 is 11.9 Å². The van der Waals surface area contributed by atoms with Crippen LogP contribution in [-0.2, 0) is 22.5 Å². The maximum Gasteiger partial charge on any atom is 0.333 e. The molecule has 0 bridgehead atoms. The van der Waals surface area contributed by atoms with Gasteiger partial charge in [-0.15, -0.1) is 0 Å². The maximum absolute atomic E-state index is 14.0. The van der Waals surface area contributed by atoms with Gasteiger partial charge in [0.15, 0.2) is 6.10 Å². The second-order valence-electron chi connectivity index (χ2n) is 7.03. The largest absolute Gasteiger partial charge is 0.496 e. The number of carbonyl (C=O) groups excluding carboxylic acids is 1. The third-order valence-corrected chi connectivity index (χ3v) is 4.29. The summed E-state index contributed by atoms with van der Waals surface area (Å²) in [7, 11) is 1.50. The number of methoxy groups -OCH3 is 1. The summed E-state index contributed by atoms with van der Waals surface area (Å²) in [6.07, 6.45) is -1.03. The summed E-state index contributed by atoms with van der Waals surface area (Å²) in [4.78, 5) is 23.8. The molecule has 1 unspecified atom stereocenters. The molecule has 0 aliphatic heterocycles. The molecule has 0 aliphatic carbocycles. The van der Waals surface area contributed by atoms with E-state index >= 15 is 0 Å². The molecule has 2 aromatic rings. The second-order valence-corrected chi connectivity index (χ2v) is 7.03. The summed E-state index contributed by atoms with van der Waals surface area (Å²) in [6.45, 7) is 5.39. The monoisotopic (exact) mass is 403 g/mol. The number of amides is 1. The number of nitrogens with one attached hydrogen (secondary N) is 1. The molecule has 0 aliphatic rings. The van der Waals surface area contributed by atoms with Gasteiger partial charge in [0, 0.05) is 18.5 Å². The van der Waals surface area contributed by atoms with E-state index < -0.39 is 23.8 Å². The Labute approximate surface area is 169 Å². The summed E-state index contributed by atoms with van der Waals surface area (Å²) in [6, 6.07) is 9.62. The van der Waals surface area contributed by atoms with Crippen molar-refractivity contribution in [1.82, 2.24) is 5.32 Å². The smallest absolute Gasteiger partial charge is 0.333 e. The zero-order valence-corrected chi connectivity index (χ0v) is 17.0. The summed E-state index contributed by atoms with van der Waals surface area (Å²) in [5.41, 5.74) is 2.07. The first-order chi connectivity index (χ1) is 13.7. The molecule has 156 valence electrons. The van der Waals surface area contributed by atoms with Gasteiger partial charge in [0.2, 0.25) is 0 Å². The predicted octanol–water partition coefficient (Wildman–Crippen LogP) is 3.49. The highest BCUT2D eigenvalue weighted by atomic mass is 19.1. The number of carbonyl (C=O) groups is 2. The molecule has 0 heterocycles. The fourth-order valence-electron chi connectivity index (χ4n) is 2.91. The van der Waals surface area contributed by atoms with Crippen LogP contribution >= 0.6 is 0 Å². The van der Waals surface area contributed by atoms with Gasteiger partial charge in [0.25, 0.3) is 5.91 Å². The summed E-state index contributed by atoms with van der Waals surface area (Å²) in [5, 5.41) is 12.0. The molecule has 0 saturated heterocycles. The van der Waals surface area contributed by atoms with Crippen molar-refractivity contribution in [2.24, 2.45) is 0 Å². The minimum Gasteiger partial charge on any atom is -0.496 e. The second kappa shape index (κ2) is 10.0. The Kier molecular flexibility index (Phi) is 7.73. The van der Waals surface area contributed by atoms with Crippen LogP contribution in [0.5, 0.6) is 5.75 Å². The van der Waals surface area contributed by atoms with Gasteiger partial charge < -0.3 is 19.9 Å². The number of rotatable bonds is 9. The minimum absolute atomic E-state index is 0.0398. The molecule has 0 spiro atoms. The van der Waals surface area contributed by atoms with E-state index in [0.29, 0.717) is 11.3 Å². The maximum atomic E-state index is 14.0. The lowest BCUT2D eigenvalue weighted by atomic mass is 10.0. The Morgan fingerprint density at radius 3 is 2.48 bits per heavy atom. The number of aliphatic carboxylic acids is 1. The summed E-state index contributed by atoms with van der Waals surface area (Å²) >= 11 is 0. The van der Waals surface area contributed by atoms with E-state index in [1.807, 2.05) is 0 Å². The fraction of sp³-hybridized carbons (Fsp3) is 0.364. The Bertz CT molecular complexity index is 882. The minimum atomic E-state index is -1.04. The first-order valence-electron chi connectivity index (χ1n) is 9.29. The van der Waals surface area contributed by atoms with E-state index in [4.69, 9.17) is 9.47 Å². The quantitative estimate of drug-likeness (QED) is 0.670. The van der Waals surface area contributed by atoms with Crippen LogP contribution in [0.3, 0.4) is 0 Å². The predicted molar refractivity (Wildman–Crippen MR) is 107 cm³/mol. The average Bonchev–Trinajstić information content (AvgIpc) is 2.65. The molecular formula is C22H26FNO5. The van der Waals surface area contributed by atoms with Crippen LogP contribution < -0.4 is 10.1 Å². The SMILES string of the molecule is COc1ccc(CC(OC(C)C)C(=O)O)cc1CNC(=O)c1ccc(C)cc1F. The van der Waals surface area contributed by atoms with Crippen LogP contribution in [0.2, 0.25) is 0 Å². The normalized spacial score (nSPS) is 11.9. The average molecular weight is 403 g/mol. The van der Waals surface area contributed by atoms with Crippen LogP contribution in [0.1, 0.15) is 40.9 Å². The van der Waals surface area contributed by atoms with Crippen LogP contribution in [-0.4, -0.2) is 36.3 Å². The van der Waals surface area contributed by atoms with Crippen molar-refractivity contribution in [2.75, 3.05) is 7.11 Å². The number of ether oxygens (including phenoxy) is 2. The van der Waals surface area contributed by atoms with Gasteiger partial charge >= 0.3 is 5.97 Å². The number of carboxylic acid groups (broad SMARTS) is 1. The summed E-state index contributed by atoms with van der Waals surface area (Å²) < 4.78 is 24.8. The van der Waals surface area contributed by atoms with Crippen LogP contribution in [0.15, 0.2) is 36.4 Å². The van der Waals surface area contributed by atoms with Gasteiger partial charge in [-0.1, -0.05) is 18.2 Å². The Balaban J connectivity index is 2.15. The lowest BCUT2D eigenvalue weighted by Crippen LogP contribution is -2.29. The molecule has 2 rings (SSSR count). The highest BCUT2D eigenvalue weighted by Crippen LogP contribution is 2.22. The molecule has 1 amide bonds. The van der Waals surface area contributed by atoms with Crippen molar-refractivity contribution in [3.63, 3.8) is 0 Å². The molecule has 0 fully saturated rings. The number of benzene rings is 2. The van der Waals surface area contributed by atoms with E-state index in [0.717, 1.165) is 11.1 Å². The number of halogens is 1. The first kappa shape index (κ1) is 22.4. The molecule has 1 atom stereocenters. The van der Waals surface area contributed by atoms with Crippen molar-refractivity contribution in [2.45, 2.75) is 45.9 Å². The molecule has 2 N–H and O–H groups in total. The highest BCUT2D eigenvalue weighted by Gasteiger charge is 2.21. The third kappa shape index (κ3) is 6.29. The Morgan fingerprint density at radius 1 is 1.17 bits per heavy atom. The summed E-state index contributed by atoms with van der Waals surface area (Å²) in [5.74, 6) is -1.63. The van der Waals surface area contributed by atoms with Crippen LogP contribution in [0.4, 0.5) is 4.39 Å². The Morgan fingerprint density at radius 2 is 1.90 bits per heavy atom. The van der Waals surface area contributed by atoms with Gasteiger partial charge in [-0.2, -0.15) is 0 Å². The Hall–Kier alpha value is -2.93. The fourth-order valence-corrected chi connectivity index (χ4v) is 2.91. The lowest BCUT2D eigenvalue weighted by molar-refractivity contribution is -0.153. The van der Waals surface area contributed by atoms with Crippen molar-refractivity contribution in [1.29, 1.82) is 0 Å². The van der Waals surface area contributed by atoms with E-state index in [1.165, 1.54) is 19.2 Å². The van der Waals surface area contributed by atoms with Crippen molar-refractivity contribution in [3.05, 3.63) is 64.5 Å². The molecule has 6 nitrogen and oxygen atoms in total. The van der Waals surface area contributed by atoms with Gasteiger partial charge in [-0.05, 0) is 50.1 Å². The standard InChI is InChI=1S/C22H26FNO5/c1-13(2)29-20(22(26)27)11-15-6-8-19(28-4)16(10-15)12-24-21(25)17-7-5-14(3)9-18(17)23/h5-10,13,20H,11-12H2,1-4H3,(H,24,25)(H,26,27). The molecular weight excluding hydrogens is 377 g/mol. The first-order valence-corrected chi connectivity index (χ1v) is 9.29. The highest BCUT2D eigenvalue weighted by molar-refractivity contribution is 5.94. The number of aryl methyl sites for hydroxylation is 1.